The number of ether oxygens (including phenoxy) is 1. The summed E-state index contributed by atoms with van der Waals surface area (Å²) in [7, 11) is 1.40. The van der Waals surface area contributed by atoms with Crippen LogP contribution in [0.5, 0.6) is 17.2 Å². The van der Waals surface area contributed by atoms with Crippen LogP contribution < -0.4 is 10.1 Å². The number of phenols is 2. The molecule has 5 heteroatoms. The van der Waals surface area contributed by atoms with Crippen LogP contribution in [-0.2, 0) is 6.54 Å². The van der Waals surface area contributed by atoms with Crippen molar-refractivity contribution in [1.29, 1.82) is 0 Å². The molecule has 2 rings (SSSR count). The Balaban J connectivity index is 2.08. The van der Waals surface area contributed by atoms with Crippen molar-refractivity contribution in [1.82, 2.24) is 0 Å². The van der Waals surface area contributed by atoms with E-state index in [1.165, 1.54) is 31.4 Å². The number of aromatic hydroxyl groups is 2. The van der Waals surface area contributed by atoms with Crippen molar-refractivity contribution in [3.05, 3.63) is 47.8 Å². The molecule has 100 valence electrons. The lowest BCUT2D eigenvalue weighted by atomic mass is 10.2. The van der Waals surface area contributed by atoms with Crippen LogP contribution in [0.3, 0.4) is 0 Å². The SMILES string of the molecule is COc1ccc(NCc2ccc(O)cc2O)cc1F. The zero-order valence-corrected chi connectivity index (χ0v) is 10.4. The lowest BCUT2D eigenvalue weighted by Gasteiger charge is -2.09. The molecule has 3 N–H and O–H groups in total. The molecule has 0 amide bonds. The van der Waals surface area contributed by atoms with E-state index in [0.717, 1.165) is 0 Å². The highest BCUT2D eigenvalue weighted by atomic mass is 19.1. The summed E-state index contributed by atoms with van der Waals surface area (Å²) in [6.45, 7) is 0.317. The Kier molecular flexibility index (Phi) is 3.75. The number of phenolic OH excluding ortho intramolecular Hbond substituents is 2. The van der Waals surface area contributed by atoms with Gasteiger partial charge in [-0.1, -0.05) is 0 Å². The fourth-order valence-electron chi connectivity index (χ4n) is 1.68. The molecule has 4 nitrogen and oxygen atoms in total. The van der Waals surface area contributed by atoms with Gasteiger partial charge in [0.05, 0.1) is 7.11 Å². The number of halogens is 1. The molecule has 0 fully saturated rings. The third kappa shape index (κ3) is 3.07. The van der Waals surface area contributed by atoms with Gasteiger partial charge in [-0.25, -0.2) is 4.39 Å². The van der Waals surface area contributed by atoms with Crippen LogP contribution in [-0.4, -0.2) is 17.3 Å². The van der Waals surface area contributed by atoms with E-state index in [9.17, 15) is 14.6 Å². The molecular formula is C14H14FNO3. The fraction of sp³-hybridized carbons (Fsp3) is 0.143. The molecule has 0 bridgehead atoms. The predicted molar refractivity (Wildman–Crippen MR) is 70.1 cm³/mol. The first kappa shape index (κ1) is 13.0. The molecule has 2 aromatic carbocycles. The monoisotopic (exact) mass is 263 g/mol. The van der Waals surface area contributed by atoms with Crippen molar-refractivity contribution in [2.75, 3.05) is 12.4 Å². The first-order valence-corrected chi connectivity index (χ1v) is 5.68. The van der Waals surface area contributed by atoms with Crippen LogP contribution >= 0.6 is 0 Å². The molecule has 2 aromatic rings. The van der Waals surface area contributed by atoms with Crippen LogP contribution in [0.1, 0.15) is 5.56 Å². The summed E-state index contributed by atoms with van der Waals surface area (Å²) in [5, 5.41) is 21.8. The number of anilines is 1. The number of methoxy groups -OCH3 is 1. The second-order valence-electron chi connectivity index (χ2n) is 4.02. The highest BCUT2D eigenvalue weighted by Gasteiger charge is 2.05. The van der Waals surface area contributed by atoms with Crippen molar-refractivity contribution >= 4 is 5.69 Å². The van der Waals surface area contributed by atoms with Gasteiger partial charge in [-0.3, -0.25) is 0 Å². The number of benzene rings is 2. The standard InChI is InChI=1S/C14H14FNO3/c1-19-14-5-3-10(6-12(14)15)16-8-9-2-4-11(17)7-13(9)18/h2-7,16-18H,8H2,1H3. The molecule has 0 atom stereocenters. The van der Waals surface area contributed by atoms with Gasteiger partial charge in [-0.05, 0) is 24.3 Å². The average molecular weight is 263 g/mol. The van der Waals surface area contributed by atoms with Crippen LogP contribution in [0.2, 0.25) is 0 Å². The zero-order valence-electron chi connectivity index (χ0n) is 10.4. The van der Waals surface area contributed by atoms with E-state index < -0.39 is 5.82 Å². The summed E-state index contributed by atoms with van der Waals surface area (Å²) in [6.07, 6.45) is 0. The van der Waals surface area contributed by atoms with Crippen LogP contribution in [0.15, 0.2) is 36.4 Å². The third-order valence-electron chi connectivity index (χ3n) is 2.70. The maximum atomic E-state index is 13.5. The van der Waals surface area contributed by atoms with E-state index >= 15 is 0 Å². The molecule has 0 spiro atoms. The van der Waals surface area contributed by atoms with E-state index in [0.29, 0.717) is 17.8 Å². The van der Waals surface area contributed by atoms with Gasteiger partial charge >= 0.3 is 0 Å². The first-order valence-electron chi connectivity index (χ1n) is 5.68. The molecule has 0 saturated carbocycles. The van der Waals surface area contributed by atoms with Gasteiger partial charge in [0.1, 0.15) is 11.5 Å². The molecule has 0 aromatic heterocycles. The predicted octanol–water partition coefficient (Wildman–Crippen LogP) is 2.86. The summed E-state index contributed by atoms with van der Waals surface area (Å²) in [6, 6.07) is 8.85. The fourth-order valence-corrected chi connectivity index (χ4v) is 1.68. The van der Waals surface area contributed by atoms with Gasteiger partial charge < -0.3 is 20.3 Å². The van der Waals surface area contributed by atoms with Crippen LogP contribution in [0, 0.1) is 5.82 Å². The Morgan fingerprint density at radius 3 is 2.58 bits per heavy atom. The molecule has 0 aliphatic rings. The minimum atomic E-state index is -0.456. The van der Waals surface area contributed by atoms with E-state index in [4.69, 9.17) is 4.74 Å². The van der Waals surface area contributed by atoms with Gasteiger partial charge in [0.15, 0.2) is 11.6 Å². The minimum absolute atomic E-state index is 0.00302. The Labute approximate surface area is 110 Å². The number of hydrogen-bond donors (Lipinski definition) is 3. The highest BCUT2D eigenvalue weighted by molar-refractivity contribution is 5.49. The summed E-state index contributed by atoms with van der Waals surface area (Å²) in [4.78, 5) is 0. The summed E-state index contributed by atoms with van der Waals surface area (Å²) < 4.78 is 18.3. The Hall–Kier alpha value is -2.43. The number of rotatable bonds is 4. The lowest BCUT2D eigenvalue weighted by molar-refractivity contribution is 0.386. The van der Waals surface area contributed by atoms with Crippen LogP contribution in [0.4, 0.5) is 10.1 Å². The highest BCUT2D eigenvalue weighted by Crippen LogP contribution is 2.25. The Morgan fingerprint density at radius 2 is 1.95 bits per heavy atom. The van der Waals surface area contributed by atoms with Gasteiger partial charge in [-0.15, -0.1) is 0 Å². The topological polar surface area (TPSA) is 61.7 Å². The molecule has 0 saturated heterocycles. The minimum Gasteiger partial charge on any atom is -0.508 e. The van der Waals surface area contributed by atoms with Crippen molar-refractivity contribution in [3.8, 4) is 17.2 Å². The number of nitrogens with one attached hydrogen (secondary N) is 1. The van der Waals surface area contributed by atoms with E-state index in [-0.39, 0.29) is 17.2 Å². The Morgan fingerprint density at radius 1 is 1.16 bits per heavy atom. The molecular weight excluding hydrogens is 249 g/mol. The zero-order chi connectivity index (χ0) is 13.8. The average Bonchev–Trinajstić information content (AvgIpc) is 2.38. The van der Waals surface area contributed by atoms with Crippen molar-refractivity contribution in [3.63, 3.8) is 0 Å². The molecule has 0 heterocycles. The van der Waals surface area contributed by atoms with Crippen molar-refractivity contribution in [2.45, 2.75) is 6.54 Å². The summed E-state index contributed by atoms with van der Waals surface area (Å²) in [5.41, 5.74) is 1.18. The second kappa shape index (κ2) is 5.48. The molecule has 19 heavy (non-hydrogen) atoms. The first-order chi connectivity index (χ1) is 9.10. The van der Waals surface area contributed by atoms with E-state index in [1.807, 2.05) is 0 Å². The van der Waals surface area contributed by atoms with Crippen molar-refractivity contribution < 1.29 is 19.3 Å². The Bertz CT molecular complexity index is 587. The molecule has 0 unspecified atom stereocenters. The van der Waals surface area contributed by atoms with Crippen molar-refractivity contribution in [2.24, 2.45) is 0 Å². The smallest absolute Gasteiger partial charge is 0.167 e. The molecule has 0 aliphatic heterocycles. The quantitative estimate of drug-likeness (QED) is 0.793. The molecule has 0 radical (unpaired) electrons. The maximum Gasteiger partial charge on any atom is 0.167 e. The van der Waals surface area contributed by atoms with E-state index in [1.54, 1.807) is 12.1 Å². The maximum absolute atomic E-state index is 13.5. The molecule has 0 aliphatic carbocycles. The van der Waals surface area contributed by atoms with Gasteiger partial charge in [-0.2, -0.15) is 0 Å². The van der Waals surface area contributed by atoms with Gasteiger partial charge in [0, 0.05) is 29.9 Å². The normalized spacial score (nSPS) is 10.2. The largest absolute Gasteiger partial charge is 0.508 e. The number of hydrogen-bond acceptors (Lipinski definition) is 4. The summed E-state index contributed by atoms with van der Waals surface area (Å²) in [5.74, 6) is -0.293. The third-order valence-corrected chi connectivity index (χ3v) is 2.70. The second-order valence-corrected chi connectivity index (χ2v) is 4.02. The summed E-state index contributed by atoms with van der Waals surface area (Å²) >= 11 is 0. The van der Waals surface area contributed by atoms with Crippen LogP contribution in [0.25, 0.3) is 0 Å². The van der Waals surface area contributed by atoms with Gasteiger partial charge in [0.2, 0.25) is 0 Å². The van der Waals surface area contributed by atoms with E-state index in [2.05, 4.69) is 5.32 Å². The lowest BCUT2D eigenvalue weighted by Crippen LogP contribution is -2.00. The van der Waals surface area contributed by atoms with Gasteiger partial charge in [0.25, 0.3) is 0 Å².